The van der Waals surface area contributed by atoms with Crippen molar-refractivity contribution in [2.45, 2.75) is 47.6 Å². The van der Waals surface area contributed by atoms with Crippen LogP contribution in [0.2, 0.25) is 0 Å². The Kier molecular flexibility index (Phi) is 9.84. The third kappa shape index (κ3) is 7.85. The molecule has 1 amide bonds. The number of para-hydroxylation sites is 1. The molecular formula is C21H37N3O2. The lowest BCUT2D eigenvalue weighted by Gasteiger charge is -2.29. The molecule has 0 bridgehead atoms. The highest BCUT2D eigenvalue weighted by molar-refractivity contribution is 5.93. The van der Waals surface area contributed by atoms with Crippen molar-refractivity contribution in [2.24, 2.45) is 5.92 Å². The van der Waals surface area contributed by atoms with E-state index in [1.54, 1.807) is 0 Å². The van der Waals surface area contributed by atoms with Gasteiger partial charge in [-0.15, -0.1) is 0 Å². The average Bonchev–Trinajstić information content (AvgIpc) is 2.55. The standard InChI is InChI=1S/C21H37N3O2/c1-7-23(8-2)13-19(25)14-24(12-16(3)4)15-20(26)22-21-17(5)10-9-11-18(21)6/h9-11,16,19,25H,7-8,12-15H2,1-6H3,(H,22,26)/t19-/m0/s1. The molecule has 0 saturated carbocycles. The fourth-order valence-corrected chi connectivity index (χ4v) is 3.25. The number of aliphatic hydroxyl groups excluding tert-OH is 1. The van der Waals surface area contributed by atoms with Gasteiger partial charge in [-0.05, 0) is 44.0 Å². The van der Waals surface area contributed by atoms with Gasteiger partial charge in [-0.3, -0.25) is 9.69 Å². The van der Waals surface area contributed by atoms with E-state index >= 15 is 0 Å². The predicted octanol–water partition coefficient (Wildman–Crippen LogP) is 2.90. The van der Waals surface area contributed by atoms with Crippen LogP contribution in [0.3, 0.4) is 0 Å². The molecule has 1 aromatic carbocycles. The highest BCUT2D eigenvalue weighted by atomic mass is 16.3. The maximum atomic E-state index is 12.6. The number of rotatable bonds is 11. The van der Waals surface area contributed by atoms with Crippen molar-refractivity contribution in [1.29, 1.82) is 0 Å². The van der Waals surface area contributed by atoms with E-state index in [0.717, 1.165) is 36.4 Å². The van der Waals surface area contributed by atoms with Gasteiger partial charge in [-0.25, -0.2) is 0 Å². The van der Waals surface area contributed by atoms with E-state index in [9.17, 15) is 9.90 Å². The summed E-state index contributed by atoms with van der Waals surface area (Å²) in [6.45, 7) is 16.5. The maximum absolute atomic E-state index is 12.6. The van der Waals surface area contributed by atoms with Crippen LogP contribution in [0.25, 0.3) is 0 Å². The molecule has 148 valence electrons. The Morgan fingerprint density at radius 3 is 2.08 bits per heavy atom. The second-order valence-corrected chi connectivity index (χ2v) is 7.54. The summed E-state index contributed by atoms with van der Waals surface area (Å²) in [5.74, 6) is 0.404. The van der Waals surface area contributed by atoms with E-state index in [2.05, 4.69) is 42.8 Å². The van der Waals surface area contributed by atoms with Crippen molar-refractivity contribution in [2.75, 3.05) is 44.6 Å². The number of likely N-dealkylation sites (N-methyl/N-ethyl adjacent to an activating group) is 1. The topological polar surface area (TPSA) is 55.8 Å². The molecule has 0 aliphatic rings. The van der Waals surface area contributed by atoms with Gasteiger partial charge in [0.2, 0.25) is 5.91 Å². The molecule has 1 rings (SSSR count). The highest BCUT2D eigenvalue weighted by Crippen LogP contribution is 2.19. The summed E-state index contributed by atoms with van der Waals surface area (Å²) in [6.07, 6.45) is -0.457. The van der Waals surface area contributed by atoms with Crippen molar-refractivity contribution in [3.8, 4) is 0 Å². The van der Waals surface area contributed by atoms with Gasteiger partial charge in [0, 0.05) is 25.3 Å². The maximum Gasteiger partial charge on any atom is 0.238 e. The number of hydrogen-bond donors (Lipinski definition) is 2. The van der Waals surface area contributed by atoms with Crippen molar-refractivity contribution < 1.29 is 9.90 Å². The zero-order valence-corrected chi connectivity index (χ0v) is 17.4. The second kappa shape index (κ2) is 11.3. The molecule has 0 unspecified atom stereocenters. The predicted molar refractivity (Wildman–Crippen MR) is 110 cm³/mol. The van der Waals surface area contributed by atoms with Gasteiger partial charge in [0.05, 0.1) is 12.6 Å². The van der Waals surface area contributed by atoms with Crippen LogP contribution in [-0.4, -0.2) is 66.2 Å². The number of amides is 1. The normalized spacial score (nSPS) is 12.8. The SMILES string of the molecule is CCN(CC)C[C@H](O)CN(CC(=O)Nc1c(C)cccc1C)CC(C)C. The molecule has 0 radical (unpaired) electrons. The Morgan fingerprint density at radius 2 is 1.58 bits per heavy atom. The van der Waals surface area contributed by atoms with Gasteiger partial charge in [0.1, 0.15) is 0 Å². The van der Waals surface area contributed by atoms with Gasteiger partial charge in [0.25, 0.3) is 0 Å². The van der Waals surface area contributed by atoms with E-state index in [0.29, 0.717) is 25.6 Å². The summed E-state index contributed by atoms with van der Waals surface area (Å²) < 4.78 is 0. The van der Waals surface area contributed by atoms with Crippen LogP contribution in [0, 0.1) is 19.8 Å². The molecular weight excluding hydrogens is 326 g/mol. The summed E-state index contributed by atoms with van der Waals surface area (Å²) in [7, 11) is 0. The lowest BCUT2D eigenvalue weighted by atomic mass is 10.1. The Bertz CT molecular complexity index is 536. The largest absolute Gasteiger partial charge is 0.390 e. The number of nitrogens with one attached hydrogen (secondary N) is 1. The summed E-state index contributed by atoms with van der Waals surface area (Å²) in [5, 5.41) is 13.5. The Morgan fingerprint density at radius 1 is 1.04 bits per heavy atom. The lowest BCUT2D eigenvalue weighted by molar-refractivity contribution is -0.117. The monoisotopic (exact) mass is 363 g/mol. The summed E-state index contributed by atoms with van der Waals surface area (Å²) in [5.41, 5.74) is 3.02. The van der Waals surface area contributed by atoms with Crippen LogP contribution in [0.5, 0.6) is 0 Å². The van der Waals surface area contributed by atoms with E-state index < -0.39 is 6.10 Å². The fourth-order valence-electron chi connectivity index (χ4n) is 3.25. The summed E-state index contributed by atoms with van der Waals surface area (Å²) in [4.78, 5) is 16.8. The number of aryl methyl sites for hydroxylation is 2. The smallest absolute Gasteiger partial charge is 0.238 e. The average molecular weight is 364 g/mol. The number of anilines is 1. The first-order chi connectivity index (χ1) is 12.3. The van der Waals surface area contributed by atoms with Crippen LogP contribution in [0.1, 0.15) is 38.8 Å². The van der Waals surface area contributed by atoms with Crippen LogP contribution >= 0.6 is 0 Å². The van der Waals surface area contributed by atoms with Crippen molar-refractivity contribution in [3.63, 3.8) is 0 Å². The van der Waals surface area contributed by atoms with E-state index in [1.165, 1.54) is 0 Å². The zero-order chi connectivity index (χ0) is 19.7. The molecule has 0 heterocycles. The van der Waals surface area contributed by atoms with E-state index in [-0.39, 0.29) is 5.91 Å². The first-order valence-corrected chi connectivity index (χ1v) is 9.75. The minimum absolute atomic E-state index is 0.0295. The molecule has 1 atom stereocenters. The number of nitrogens with zero attached hydrogens (tertiary/aromatic N) is 2. The summed E-state index contributed by atoms with van der Waals surface area (Å²) >= 11 is 0. The van der Waals surface area contributed by atoms with Crippen LogP contribution in [0.15, 0.2) is 18.2 Å². The number of carbonyl (C=O) groups excluding carboxylic acids is 1. The first-order valence-electron chi connectivity index (χ1n) is 9.75. The Hall–Kier alpha value is -1.43. The van der Waals surface area contributed by atoms with Crippen LogP contribution in [-0.2, 0) is 4.79 Å². The van der Waals surface area contributed by atoms with Crippen molar-refractivity contribution >= 4 is 11.6 Å². The van der Waals surface area contributed by atoms with Gasteiger partial charge in [0.15, 0.2) is 0 Å². The van der Waals surface area contributed by atoms with Crippen LogP contribution in [0.4, 0.5) is 5.69 Å². The first kappa shape index (κ1) is 22.6. The minimum Gasteiger partial charge on any atom is -0.390 e. The molecule has 0 aliphatic heterocycles. The third-order valence-corrected chi connectivity index (χ3v) is 4.57. The van der Waals surface area contributed by atoms with Gasteiger partial charge in [-0.1, -0.05) is 45.9 Å². The number of carbonyl (C=O) groups is 1. The van der Waals surface area contributed by atoms with Gasteiger partial charge in [-0.2, -0.15) is 0 Å². The molecule has 1 aromatic rings. The molecule has 26 heavy (non-hydrogen) atoms. The zero-order valence-electron chi connectivity index (χ0n) is 17.4. The van der Waals surface area contributed by atoms with E-state index in [4.69, 9.17) is 0 Å². The van der Waals surface area contributed by atoms with Crippen LogP contribution < -0.4 is 5.32 Å². The Balaban J connectivity index is 2.69. The number of benzene rings is 1. The third-order valence-electron chi connectivity index (χ3n) is 4.57. The van der Waals surface area contributed by atoms with Gasteiger partial charge >= 0.3 is 0 Å². The van der Waals surface area contributed by atoms with Crippen molar-refractivity contribution in [3.05, 3.63) is 29.3 Å². The second-order valence-electron chi connectivity index (χ2n) is 7.54. The molecule has 0 aliphatic carbocycles. The minimum atomic E-state index is -0.457. The van der Waals surface area contributed by atoms with Crippen molar-refractivity contribution in [1.82, 2.24) is 9.80 Å². The number of aliphatic hydroxyl groups is 1. The quantitative estimate of drug-likeness (QED) is 0.635. The molecule has 0 aromatic heterocycles. The fraction of sp³-hybridized carbons (Fsp3) is 0.667. The van der Waals surface area contributed by atoms with Gasteiger partial charge < -0.3 is 15.3 Å². The molecule has 2 N–H and O–H groups in total. The molecule has 0 spiro atoms. The highest BCUT2D eigenvalue weighted by Gasteiger charge is 2.18. The molecule has 5 heteroatoms. The Labute approximate surface area is 159 Å². The molecule has 0 fully saturated rings. The number of hydrogen-bond acceptors (Lipinski definition) is 4. The van der Waals surface area contributed by atoms with E-state index in [1.807, 2.05) is 32.0 Å². The molecule has 0 saturated heterocycles. The summed E-state index contributed by atoms with van der Waals surface area (Å²) in [6, 6.07) is 6.00. The molecule has 5 nitrogen and oxygen atoms in total. The lowest BCUT2D eigenvalue weighted by Crippen LogP contribution is -2.44.